The topological polar surface area (TPSA) is 136 Å². The third-order valence-electron chi connectivity index (χ3n) is 12.4. The van der Waals surface area contributed by atoms with Gasteiger partial charge in [0.15, 0.2) is 35.4 Å². The molecule has 5 aromatic carbocycles. The lowest BCUT2D eigenvalue weighted by Crippen LogP contribution is -2.11. The van der Waals surface area contributed by atoms with Gasteiger partial charge in [-0.3, -0.25) is 9.59 Å². The van der Waals surface area contributed by atoms with Crippen LogP contribution in [-0.4, -0.2) is 45.6 Å². The van der Waals surface area contributed by atoms with Crippen LogP contribution in [-0.2, 0) is 33.2 Å². The molecule has 1 unspecified atom stereocenters. The van der Waals surface area contributed by atoms with Crippen LogP contribution in [0.2, 0.25) is 0 Å². The van der Waals surface area contributed by atoms with E-state index in [0.29, 0.717) is 70.3 Å². The number of allylic oxidation sites excluding steroid dienone is 4. The van der Waals surface area contributed by atoms with Gasteiger partial charge in [-0.2, -0.15) is 13.2 Å². The Morgan fingerprint density at radius 2 is 1.56 bits per heavy atom. The number of aliphatic hydroxyl groups excluding tert-OH is 1. The molecule has 1 saturated heterocycles. The van der Waals surface area contributed by atoms with Gasteiger partial charge in [-0.05, 0) is 138 Å². The summed E-state index contributed by atoms with van der Waals surface area (Å²) in [7, 11) is 1.54. The first kappa shape index (κ1) is 58.4. The van der Waals surface area contributed by atoms with Gasteiger partial charge in [-0.25, -0.2) is 4.39 Å². The Labute approximate surface area is 444 Å². The summed E-state index contributed by atoms with van der Waals surface area (Å²) in [6.07, 6.45) is 5.44. The van der Waals surface area contributed by atoms with E-state index in [4.69, 9.17) is 37.3 Å². The minimum absolute atomic E-state index is 0.0799. The molecule has 1 N–H and O–H groups in total. The maximum Gasteiger partial charge on any atom is 0.420 e. The average molecular weight is 1060 g/mol. The molecule has 2 aromatic heterocycles. The van der Waals surface area contributed by atoms with Crippen LogP contribution in [0.4, 0.5) is 17.6 Å². The molecule has 1 atom stereocenters. The second-order valence-corrected chi connectivity index (χ2v) is 17.3. The molecule has 3 aliphatic rings. The number of alkyl halides is 3. The fourth-order valence-corrected chi connectivity index (χ4v) is 8.90. The largest absolute Gasteiger partial charge is 0.510 e. The number of para-hydroxylation sites is 3. The molecule has 7 aromatic rings. The summed E-state index contributed by atoms with van der Waals surface area (Å²) in [6.45, 7) is 20.7. The van der Waals surface area contributed by atoms with E-state index < -0.39 is 22.8 Å². The highest BCUT2D eigenvalue weighted by molar-refractivity contribution is 5.96. The number of hydrogen-bond acceptors (Lipinski definition) is 11. The Hall–Kier alpha value is -7.88. The second kappa shape index (κ2) is 26.7. The van der Waals surface area contributed by atoms with E-state index in [0.717, 1.165) is 39.5 Å². The van der Waals surface area contributed by atoms with Gasteiger partial charge in [0.25, 0.3) is 0 Å². The van der Waals surface area contributed by atoms with Gasteiger partial charge in [0.1, 0.15) is 48.3 Å². The third kappa shape index (κ3) is 13.4. The van der Waals surface area contributed by atoms with Crippen molar-refractivity contribution >= 4 is 45.1 Å². The van der Waals surface area contributed by atoms with Crippen molar-refractivity contribution in [1.29, 1.82) is 0 Å². The number of benzene rings is 5. The van der Waals surface area contributed by atoms with Crippen LogP contribution < -0.4 is 25.1 Å². The molecule has 10 rings (SSSR count). The highest BCUT2D eigenvalue weighted by Gasteiger charge is 2.35. The minimum atomic E-state index is -4.62. The van der Waals surface area contributed by atoms with Gasteiger partial charge >= 0.3 is 6.18 Å². The lowest BCUT2D eigenvalue weighted by atomic mass is 9.89. The van der Waals surface area contributed by atoms with Crippen LogP contribution in [0.15, 0.2) is 151 Å². The molecule has 3 aliphatic heterocycles. The van der Waals surface area contributed by atoms with Crippen LogP contribution in [0.5, 0.6) is 17.2 Å². The highest BCUT2D eigenvalue weighted by Crippen LogP contribution is 2.39. The van der Waals surface area contributed by atoms with E-state index in [1.165, 1.54) is 24.3 Å². The van der Waals surface area contributed by atoms with E-state index >= 15 is 0 Å². The fourth-order valence-electron chi connectivity index (χ4n) is 8.90. The summed E-state index contributed by atoms with van der Waals surface area (Å²) < 4.78 is 97.2. The van der Waals surface area contributed by atoms with E-state index in [1.54, 1.807) is 55.7 Å². The average Bonchev–Trinajstić information content (AvgIpc) is 4.15. The zero-order valence-electron chi connectivity index (χ0n) is 44.7. The Morgan fingerprint density at radius 3 is 2.25 bits per heavy atom. The highest BCUT2D eigenvalue weighted by atomic mass is 19.4. The molecular weight excluding hydrogens is 997 g/mol. The Kier molecular flexibility index (Phi) is 20.3. The SMILES string of the molecule is C=Cc1oc2c(C)cccc2c(=O)c1-c1ccc2c(c1)OCO2.CC.CC.CCc1ccc2oc3c(C(F)(F)F)cccc3c(=O)c2c1/C=C1\COCO1.COC\C(O)=C/C1=C(C)/C=C\COc2c(F)cccc2CC1C. The van der Waals surface area contributed by atoms with Gasteiger partial charge in [0.2, 0.25) is 17.7 Å². The fraction of sp³-hybridized carbons (Fsp3) is 0.290. The first-order valence-corrected chi connectivity index (χ1v) is 25.4. The number of rotatable bonds is 7. The molecule has 15 heteroatoms. The number of aryl methyl sites for hydroxylation is 2. The quantitative estimate of drug-likeness (QED) is 0.0928. The van der Waals surface area contributed by atoms with Crippen molar-refractivity contribution in [2.24, 2.45) is 5.92 Å². The maximum absolute atomic E-state index is 14.0. The number of fused-ring (bicyclic) bond motifs is 5. The Balaban J connectivity index is 0.000000182. The molecule has 0 saturated carbocycles. The van der Waals surface area contributed by atoms with E-state index in [9.17, 15) is 32.3 Å². The molecule has 0 aliphatic carbocycles. The first-order chi connectivity index (χ1) is 37.1. The van der Waals surface area contributed by atoms with Crippen molar-refractivity contribution in [1.82, 2.24) is 0 Å². The van der Waals surface area contributed by atoms with E-state index in [2.05, 4.69) is 13.5 Å². The monoisotopic (exact) mass is 1060 g/mol. The maximum atomic E-state index is 14.0. The number of halogens is 4. The predicted molar refractivity (Wildman–Crippen MR) is 295 cm³/mol. The Morgan fingerprint density at radius 1 is 0.844 bits per heavy atom. The molecule has 0 amide bonds. The zero-order chi connectivity index (χ0) is 56.0. The molecule has 0 bridgehead atoms. The number of ether oxygens (including phenoxy) is 6. The smallest absolute Gasteiger partial charge is 0.420 e. The molecule has 406 valence electrons. The number of aliphatic hydroxyl groups is 1. The summed E-state index contributed by atoms with van der Waals surface area (Å²) >= 11 is 0. The molecule has 1 fully saturated rings. The van der Waals surface area contributed by atoms with Crippen LogP contribution in [0.25, 0.3) is 56.2 Å². The lowest BCUT2D eigenvalue weighted by molar-refractivity contribution is -0.136. The van der Waals surface area contributed by atoms with Crippen molar-refractivity contribution in [3.05, 3.63) is 192 Å². The number of methoxy groups -OCH3 is 1. The van der Waals surface area contributed by atoms with Crippen LogP contribution in [0.1, 0.15) is 82.0 Å². The lowest BCUT2D eigenvalue weighted by Gasteiger charge is -2.20. The van der Waals surface area contributed by atoms with Gasteiger partial charge in [-0.1, -0.05) is 96.7 Å². The van der Waals surface area contributed by atoms with Gasteiger partial charge in [-0.15, -0.1) is 0 Å². The summed E-state index contributed by atoms with van der Waals surface area (Å²) in [5, 5.41) is 10.7. The summed E-state index contributed by atoms with van der Waals surface area (Å²) in [6, 6.07) is 22.7. The van der Waals surface area contributed by atoms with Crippen LogP contribution >= 0.6 is 0 Å². The zero-order valence-corrected chi connectivity index (χ0v) is 44.7. The summed E-state index contributed by atoms with van der Waals surface area (Å²) in [5.41, 5.74) is 5.16. The van der Waals surface area contributed by atoms with Crippen molar-refractivity contribution < 1.29 is 59.9 Å². The first-order valence-electron chi connectivity index (χ1n) is 25.4. The van der Waals surface area contributed by atoms with Crippen molar-refractivity contribution in [2.75, 3.05) is 40.5 Å². The molecule has 0 spiro atoms. The van der Waals surface area contributed by atoms with Gasteiger partial charge < -0.3 is 42.4 Å². The molecule has 77 heavy (non-hydrogen) atoms. The minimum Gasteiger partial charge on any atom is -0.510 e. The van der Waals surface area contributed by atoms with Gasteiger partial charge in [0, 0.05) is 7.11 Å². The van der Waals surface area contributed by atoms with Crippen molar-refractivity contribution in [3.8, 4) is 28.4 Å². The molecule has 5 heterocycles. The van der Waals surface area contributed by atoms with Crippen molar-refractivity contribution in [3.63, 3.8) is 0 Å². The normalized spacial score (nSPS) is 16.8. The molecular formula is C62H64F4O11. The van der Waals surface area contributed by atoms with Gasteiger partial charge in [0.05, 0.1) is 27.3 Å². The predicted octanol–water partition coefficient (Wildman–Crippen LogP) is 15.4. The summed E-state index contributed by atoms with van der Waals surface area (Å²) in [5.74, 6) is 2.56. The third-order valence-corrected chi connectivity index (χ3v) is 12.4. The summed E-state index contributed by atoms with van der Waals surface area (Å²) in [4.78, 5) is 26.1. The second-order valence-electron chi connectivity index (χ2n) is 17.3. The standard InChI is InChI=1S/C20H15F3O4.C19H23FO3.C19H14O4.2C2H6/c1-2-11-6-7-16-17(14(11)8-12-9-25-10-26-12)18(24)13-4-3-5-15(19(13)27-16)20(21,22)23;1-13-6-5-9-23-19-15(7-4-8-18(19)20)10-14(2)17(13)11-16(21)12-22-3;1-3-14-17(12-7-8-15-16(9-12)22-10-21-15)18(20)13-6-4-5-11(2)19(13)23-14;2*1-2/h3-8H,2,9-10H2,1H3;4-8,11,14,21H,9-10,12H2,1-3H3;3-9H,1,10H2,2H3;2*1-2H3/b12-8+;6-5-,16-11+,17-13-;;;. The van der Waals surface area contributed by atoms with E-state index in [-0.39, 0.29) is 66.1 Å². The molecule has 11 nitrogen and oxygen atoms in total. The van der Waals surface area contributed by atoms with Crippen LogP contribution in [0, 0.1) is 18.7 Å². The molecule has 0 radical (unpaired) electrons. The van der Waals surface area contributed by atoms with Crippen molar-refractivity contribution in [2.45, 2.75) is 74.4 Å². The van der Waals surface area contributed by atoms with E-state index in [1.807, 2.05) is 84.9 Å². The van der Waals surface area contributed by atoms with Crippen LogP contribution in [0.3, 0.4) is 0 Å². The Bertz CT molecular complexity index is 3480. The number of hydrogen-bond donors (Lipinski definition) is 1.